The highest BCUT2D eigenvalue weighted by atomic mass is 19.1. The number of aromatic nitrogens is 3. The lowest BCUT2D eigenvalue weighted by atomic mass is 10.1. The van der Waals surface area contributed by atoms with Crippen LogP contribution in [0.3, 0.4) is 0 Å². The Morgan fingerprint density at radius 2 is 2.04 bits per heavy atom. The van der Waals surface area contributed by atoms with Gasteiger partial charge in [-0.2, -0.15) is 9.78 Å². The first-order chi connectivity index (χ1) is 12.1. The second-order valence-corrected chi connectivity index (χ2v) is 5.35. The van der Waals surface area contributed by atoms with Crippen molar-refractivity contribution in [3.05, 3.63) is 71.3 Å². The largest absolute Gasteiger partial charge is 0.473 e. The van der Waals surface area contributed by atoms with E-state index in [9.17, 15) is 9.18 Å². The summed E-state index contributed by atoms with van der Waals surface area (Å²) in [6, 6.07) is 9.61. The minimum atomic E-state index is -0.458. The van der Waals surface area contributed by atoms with Crippen molar-refractivity contribution in [2.45, 2.75) is 13.5 Å². The lowest BCUT2D eigenvalue weighted by molar-refractivity contribution is 0.0600. The second kappa shape index (κ2) is 7.12. The number of methoxy groups -OCH3 is 1. The van der Waals surface area contributed by atoms with Crippen LogP contribution in [0.25, 0.3) is 5.82 Å². The van der Waals surface area contributed by atoms with E-state index in [0.29, 0.717) is 22.8 Å². The normalized spacial score (nSPS) is 10.5. The van der Waals surface area contributed by atoms with Crippen LogP contribution in [-0.2, 0) is 11.3 Å². The van der Waals surface area contributed by atoms with E-state index in [4.69, 9.17) is 9.47 Å². The second-order valence-electron chi connectivity index (χ2n) is 5.35. The molecule has 3 rings (SSSR count). The summed E-state index contributed by atoms with van der Waals surface area (Å²) in [5.41, 5.74) is 1.76. The highest BCUT2D eigenvalue weighted by molar-refractivity contribution is 5.89. The average Bonchev–Trinajstić information content (AvgIpc) is 3.10. The van der Waals surface area contributed by atoms with Gasteiger partial charge in [-0.15, -0.1) is 0 Å². The predicted molar refractivity (Wildman–Crippen MR) is 88.2 cm³/mol. The van der Waals surface area contributed by atoms with E-state index in [-0.39, 0.29) is 12.4 Å². The molecule has 0 aliphatic rings. The summed E-state index contributed by atoms with van der Waals surface area (Å²) in [5.74, 6) is 0.173. The molecule has 3 aromatic rings. The van der Waals surface area contributed by atoms with E-state index in [2.05, 4.69) is 10.1 Å². The van der Waals surface area contributed by atoms with Crippen molar-refractivity contribution >= 4 is 5.97 Å². The molecule has 0 aliphatic heterocycles. The zero-order chi connectivity index (χ0) is 17.8. The molecular formula is C18H16FN3O3. The van der Waals surface area contributed by atoms with E-state index in [0.717, 1.165) is 5.56 Å². The van der Waals surface area contributed by atoms with Crippen LogP contribution in [0, 0.1) is 12.7 Å². The summed E-state index contributed by atoms with van der Waals surface area (Å²) >= 11 is 0. The number of esters is 1. The first kappa shape index (κ1) is 16.6. The van der Waals surface area contributed by atoms with Gasteiger partial charge < -0.3 is 9.47 Å². The number of benzene rings is 1. The fraction of sp³-hybridized carbons (Fsp3) is 0.167. The van der Waals surface area contributed by atoms with Crippen LogP contribution < -0.4 is 4.74 Å². The lowest BCUT2D eigenvalue weighted by Crippen LogP contribution is -2.07. The van der Waals surface area contributed by atoms with Gasteiger partial charge in [-0.1, -0.05) is 6.07 Å². The summed E-state index contributed by atoms with van der Waals surface area (Å²) in [6.07, 6.45) is 3.06. The Kier molecular flexibility index (Phi) is 4.74. The molecule has 0 fully saturated rings. The van der Waals surface area contributed by atoms with Crippen molar-refractivity contribution in [3.63, 3.8) is 0 Å². The Balaban J connectivity index is 1.81. The minimum Gasteiger partial charge on any atom is -0.473 e. The SMILES string of the molecule is COC(=O)c1ccnc(-n2nccc2OCc2ccc(F)c(C)c2)c1. The van der Waals surface area contributed by atoms with E-state index in [1.165, 1.54) is 24.1 Å². The molecule has 128 valence electrons. The maximum Gasteiger partial charge on any atom is 0.338 e. The molecule has 0 N–H and O–H groups in total. The molecule has 6 nitrogen and oxygen atoms in total. The Hall–Kier alpha value is -3.22. The van der Waals surface area contributed by atoms with Crippen molar-refractivity contribution in [1.82, 2.24) is 14.8 Å². The lowest BCUT2D eigenvalue weighted by Gasteiger charge is -2.10. The Labute approximate surface area is 143 Å². The molecule has 0 amide bonds. The number of carbonyl (C=O) groups excluding carboxylic acids is 1. The molecule has 0 radical (unpaired) electrons. The van der Waals surface area contributed by atoms with Crippen LogP contribution in [0.1, 0.15) is 21.5 Å². The van der Waals surface area contributed by atoms with Crippen LogP contribution in [-0.4, -0.2) is 27.8 Å². The molecular weight excluding hydrogens is 325 g/mol. The van der Waals surface area contributed by atoms with Crippen LogP contribution in [0.5, 0.6) is 5.88 Å². The van der Waals surface area contributed by atoms with Gasteiger partial charge in [0.1, 0.15) is 12.4 Å². The van der Waals surface area contributed by atoms with E-state index in [1.54, 1.807) is 43.5 Å². The molecule has 0 spiro atoms. The average molecular weight is 341 g/mol. The maximum atomic E-state index is 13.3. The molecule has 1 aromatic carbocycles. The molecule has 0 bridgehead atoms. The predicted octanol–water partition coefficient (Wildman–Crippen LogP) is 3.08. The fourth-order valence-corrected chi connectivity index (χ4v) is 2.31. The number of aryl methyl sites for hydroxylation is 1. The first-order valence-corrected chi connectivity index (χ1v) is 7.55. The highest BCUT2D eigenvalue weighted by Gasteiger charge is 2.12. The number of hydrogen-bond donors (Lipinski definition) is 0. The monoisotopic (exact) mass is 341 g/mol. The van der Waals surface area contributed by atoms with Crippen molar-refractivity contribution in [2.24, 2.45) is 0 Å². The third-order valence-electron chi connectivity index (χ3n) is 3.60. The molecule has 2 aromatic heterocycles. The van der Waals surface area contributed by atoms with Gasteiger partial charge in [-0.3, -0.25) is 0 Å². The molecule has 0 saturated carbocycles. The standard InChI is InChI=1S/C18H16FN3O3/c1-12-9-13(3-4-15(12)19)11-25-17-6-8-21-22(17)16-10-14(5-7-20-16)18(23)24-2/h3-10H,11H2,1-2H3. The number of hydrogen-bond acceptors (Lipinski definition) is 5. The van der Waals surface area contributed by atoms with Crippen LogP contribution >= 0.6 is 0 Å². The minimum absolute atomic E-state index is 0.252. The number of halogens is 1. The molecule has 0 saturated heterocycles. The van der Waals surface area contributed by atoms with Crippen molar-refractivity contribution in [1.29, 1.82) is 0 Å². The Morgan fingerprint density at radius 1 is 1.20 bits per heavy atom. The van der Waals surface area contributed by atoms with E-state index < -0.39 is 5.97 Å². The Bertz CT molecular complexity index is 908. The maximum absolute atomic E-state index is 13.3. The first-order valence-electron chi connectivity index (χ1n) is 7.55. The van der Waals surface area contributed by atoms with Gasteiger partial charge in [-0.25, -0.2) is 14.2 Å². The third-order valence-corrected chi connectivity index (χ3v) is 3.60. The summed E-state index contributed by atoms with van der Waals surface area (Å²) in [5, 5.41) is 4.17. The number of carbonyl (C=O) groups is 1. The number of rotatable bonds is 5. The van der Waals surface area contributed by atoms with Gasteiger partial charge >= 0.3 is 5.97 Å². The molecule has 0 atom stereocenters. The summed E-state index contributed by atoms with van der Waals surface area (Å²) in [7, 11) is 1.32. The van der Waals surface area contributed by atoms with Crippen LogP contribution in [0.2, 0.25) is 0 Å². The van der Waals surface area contributed by atoms with Gasteiger partial charge in [0.05, 0.1) is 18.9 Å². The fourth-order valence-electron chi connectivity index (χ4n) is 2.31. The number of pyridine rings is 1. The van der Waals surface area contributed by atoms with Crippen molar-refractivity contribution < 1.29 is 18.7 Å². The van der Waals surface area contributed by atoms with Gasteiger partial charge in [0.2, 0.25) is 5.88 Å². The summed E-state index contributed by atoms with van der Waals surface area (Å²) < 4.78 is 25.3. The zero-order valence-electron chi connectivity index (χ0n) is 13.8. The van der Waals surface area contributed by atoms with E-state index >= 15 is 0 Å². The third kappa shape index (κ3) is 3.65. The van der Waals surface area contributed by atoms with Crippen molar-refractivity contribution in [3.8, 4) is 11.7 Å². The number of nitrogens with zero attached hydrogens (tertiary/aromatic N) is 3. The Morgan fingerprint density at radius 3 is 2.80 bits per heavy atom. The highest BCUT2D eigenvalue weighted by Crippen LogP contribution is 2.18. The van der Waals surface area contributed by atoms with Gasteiger partial charge in [0.15, 0.2) is 5.82 Å². The van der Waals surface area contributed by atoms with Gasteiger partial charge in [0, 0.05) is 12.3 Å². The summed E-state index contributed by atoms with van der Waals surface area (Å²) in [4.78, 5) is 15.9. The van der Waals surface area contributed by atoms with Crippen LogP contribution in [0.4, 0.5) is 4.39 Å². The van der Waals surface area contributed by atoms with Gasteiger partial charge in [0.25, 0.3) is 0 Å². The molecule has 2 heterocycles. The molecule has 0 unspecified atom stereocenters. The molecule has 0 aliphatic carbocycles. The molecule has 25 heavy (non-hydrogen) atoms. The number of ether oxygens (including phenoxy) is 2. The van der Waals surface area contributed by atoms with E-state index in [1.807, 2.05) is 0 Å². The summed E-state index contributed by atoms with van der Waals surface area (Å²) in [6.45, 7) is 1.95. The quantitative estimate of drug-likeness (QED) is 0.667. The van der Waals surface area contributed by atoms with Gasteiger partial charge in [-0.05, 0) is 42.3 Å². The smallest absolute Gasteiger partial charge is 0.338 e. The topological polar surface area (TPSA) is 66.2 Å². The van der Waals surface area contributed by atoms with Crippen LogP contribution in [0.15, 0.2) is 48.8 Å². The van der Waals surface area contributed by atoms with Crippen molar-refractivity contribution in [2.75, 3.05) is 7.11 Å². The molecule has 7 heteroatoms. The zero-order valence-corrected chi connectivity index (χ0v) is 13.8.